The van der Waals surface area contributed by atoms with Crippen LogP contribution in [0.5, 0.6) is 0 Å². The average molecular weight is 311 g/mol. The lowest BCUT2D eigenvalue weighted by Crippen LogP contribution is -2.35. The summed E-state index contributed by atoms with van der Waals surface area (Å²) < 4.78 is 0.940. The van der Waals surface area contributed by atoms with E-state index in [2.05, 4.69) is 21.2 Å². The Morgan fingerprint density at radius 2 is 2.22 bits per heavy atom. The summed E-state index contributed by atoms with van der Waals surface area (Å²) in [7, 11) is 0. The summed E-state index contributed by atoms with van der Waals surface area (Å²) in [5, 5.41) is 3.11. The van der Waals surface area contributed by atoms with Crippen molar-refractivity contribution >= 4 is 33.4 Å². The Labute approximate surface area is 114 Å². The van der Waals surface area contributed by atoms with Gasteiger partial charge in [-0.25, -0.2) is 0 Å². The molecule has 5 heteroatoms. The maximum absolute atomic E-state index is 12.0. The van der Waals surface area contributed by atoms with Crippen LogP contribution in [0.4, 0.5) is 5.69 Å². The lowest BCUT2D eigenvalue weighted by molar-refractivity contribution is -0.138. The molecule has 1 heterocycles. The number of likely N-dealkylation sites (tertiary alicyclic amines) is 1. The second kappa shape index (κ2) is 5.52. The first kappa shape index (κ1) is 13.1. The minimum Gasteiger partial charge on any atom is -0.373 e. The number of carbonyl (C=O) groups excluding carboxylic acids is 2. The Hall–Kier alpha value is -1.36. The van der Waals surface area contributed by atoms with E-state index in [4.69, 9.17) is 0 Å². The highest BCUT2D eigenvalue weighted by molar-refractivity contribution is 9.10. The maximum Gasteiger partial charge on any atom is 0.252 e. The normalized spacial score (nSPS) is 19.4. The highest BCUT2D eigenvalue weighted by atomic mass is 79.9. The van der Waals surface area contributed by atoms with Crippen molar-refractivity contribution in [2.45, 2.75) is 25.8 Å². The predicted octanol–water partition coefficient (Wildman–Crippen LogP) is 2.40. The van der Waals surface area contributed by atoms with Crippen LogP contribution in [-0.2, 0) is 9.59 Å². The monoisotopic (exact) mass is 310 g/mol. The van der Waals surface area contributed by atoms with Gasteiger partial charge in [-0.05, 0) is 24.6 Å². The van der Waals surface area contributed by atoms with E-state index in [1.807, 2.05) is 31.2 Å². The molecule has 0 aliphatic carbocycles. The van der Waals surface area contributed by atoms with E-state index >= 15 is 0 Å². The number of hydrogen-bond donors (Lipinski definition) is 1. The zero-order valence-corrected chi connectivity index (χ0v) is 11.7. The van der Waals surface area contributed by atoms with Gasteiger partial charge < -0.3 is 5.32 Å². The molecular formula is C13H15BrN2O2. The summed E-state index contributed by atoms with van der Waals surface area (Å²) in [6, 6.07) is 7.14. The number of nitrogens with one attached hydrogen (secondary N) is 1. The molecule has 18 heavy (non-hydrogen) atoms. The Morgan fingerprint density at radius 1 is 1.44 bits per heavy atom. The lowest BCUT2D eigenvalue weighted by atomic mass is 10.2. The summed E-state index contributed by atoms with van der Waals surface area (Å²) in [4.78, 5) is 25.1. The quantitative estimate of drug-likeness (QED) is 0.869. The molecule has 96 valence electrons. The van der Waals surface area contributed by atoms with Gasteiger partial charge in [0.25, 0.3) is 5.91 Å². The van der Waals surface area contributed by atoms with Gasteiger partial charge in [0.15, 0.2) is 0 Å². The highest BCUT2D eigenvalue weighted by Gasteiger charge is 2.37. The molecule has 1 aliphatic heterocycles. The molecule has 1 aliphatic rings. The van der Waals surface area contributed by atoms with Crippen LogP contribution in [0.25, 0.3) is 0 Å². The minimum atomic E-state index is -0.432. The number of anilines is 1. The molecule has 1 atom stereocenters. The van der Waals surface area contributed by atoms with E-state index in [0.29, 0.717) is 6.54 Å². The van der Waals surface area contributed by atoms with Crippen LogP contribution in [0.1, 0.15) is 19.8 Å². The molecule has 1 saturated heterocycles. The number of halogens is 1. The van der Waals surface area contributed by atoms with Gasteiger partial charge in [-0.15, -0.1) is 0 Å². The van der Waals surface area contributed by atoms with Crippen molar-refractivity contribution in [2.24, 2.45) is 0 Å². The maximum atomic E-state index is 12.0. The Bertz CT molecular complexity index is 476. The van der Waals surface area contributed by atoms with Crippen molar-refractivity contribution in [1.82, 2.24) is 4.90 Å². The van der Waals surface area contributed by atoms with Crippen molar-refractivity contribution in [3.63, 3.8) is 0 Å². The molecule has 2 amide bonds. The molecule has 0 spiro atoms. The fourth-order valence-electron chi connectivity index (χ4n) is 2.03. The molecule has 1 aromatic carbocycles. The van der Waals surface area contributed by atoms with Gasteiger partial charge in [0.2, 0.25) is 5.91 Å². The van der Waals surface area contributed by atoms with E-state index in [1.165, 1.54) is 4.90 Å². The highest BCUT2D eigenvalue weighted by Crippen LogP contribution is 2.21. The summed E-state index contributed by atoms with van der Waals surface area (Å²) in [5.74, 6) is -0.212. The summed E-state index contributed by atoms with van der Waals surface area (Å²) in [6.45, 7) is 2.46. The third kappa shape index (κ3) is 2.72. The lowest BCUT2D eigenvalue weighted by Gasteiger charge is -2.15. The van der Waals surface area contributed by atoms with E-state index < -0.39 is 6.04 Å². The Morgan fingerprint density at radius 3 is 2.89 bits per heavy atom. The zero-order chi connectivity index (χ0) is 13.1. The van der Waals surface area contributed by atoms with E-state index in [0.717, 1.165) is 16.6 Å². The fourth-order valence-corrected chi connectivity index (χ4v) is 2.43. The molecule has 1 N–H and O–H groups in total. The van der Waals surface area contributed by atoms with Crippen LogP contribution >= 0.6 is 15.9 Å². The molecule has 4 nitrogen and oxygen atoms in total. The van der Waals surface area contributed by atoms with E-state index in [-0.39, 0.29) is 18.2 Å². The Balaban J connectivity index is 2.07. The first-order chi connectivity index (χ1) is 8.61. The molecule has 0 saturated carbocycles. The van der Waals surface area contributed by atoms with Gasteiger partial charge in [-0.3, -0.25) is 14.5 Å². The fraction of sp³-hybridized carbons (Fsp3) is 0.385. The standard InChI is InChI=1S/C13H15BrN2O2/c1-2-6-16-12(17)8-11(13(16)18)15-10-5-3-4-9(14)7-10/h3-5,7,11,15H,2,6,8H2,1H3. The number of rotatable bonds is 4. The third-order valence-electron chi connectivity index (χ3n) is 2.86. The summed E-state index contributed by atoms with van der Waals surface area (Å²) >= 11 is 3.37. The van der Waals surface area contributed by atoms with Gasteiger partial charge in [0.1, 0.15) is 6.04 Å². The Kier molecular flexibility index (Phi) is 4.01. The van der Waals surface area contributed by atoms with E-state index in [1.54, 1.807) is 0 Å². The van der Waals surface area contributed by atoms with Crippen molar-refractivity contribution in [3.8, 4) is 0 Å². The molecule has 1 unspecified atom stereocenters. The topological polar surface area (TPSA) is 49.4 Å². The average Bonchev–Trinajstić information content (AvgIpc) is 2.57. The molecule has 1 aromatic rings. The van der Waals surface area contributed by atoms with Gasteiger partial charge in [0, 0.05) is 16.7 Å². The van der Waals surface area contributed by atoms with E-state index in [9.17, 15) is 9.59 Å². The third-order valence-corrected chi connectivity index (χ3v) is 3.35. The second-order valence-electron chi connectivity index (χ2n) is 4.30. The summed E-state index contributed by atoms with van der Waals surface area (Å²) in [5.41, 5.74) is 0.842. The number of amides is 2. The number of imide groups is 1. The van der Waals surface area contributed by atoms with Crippen LogP contribution < -0.4 is 5.32 Å². The van der Waals surface area contributed by atoms with Gasteiger partial charge in [0.05, 0.1) is 6.42 Å². The number of nitrogens with zero attached hydrogens (tertiary/aromatic N) is 1. The first-order valence-corrected chi connectivity index (χ1v) is 6.77. The van der Waals surface area contributed by atoms with Gasteiger partial charge in [-0.2, -0.15) is 0 Å². The minimum absolute atomic E-state index is 0.0886. The number of carbonyl (C=O) groups is 2. The second-order valence-corrected chi connectivity index (χ2v) is 5.21. The van der Waals surface area contributed by atoms with Crippen LogP contribution in [0, 0.1) is 0 Å². The van der Waals surface area contributed by atoms with Crippen LogP contribution in [0.15, 0.2) is 28.7 Å². The van der Waals surface area contributed by atoms with Gasteiger partial charge >= 0.3 is 0 Å². The SMILES string of the molecule is CCCN1C(=O)CC(Nc2cccc(Br)c2)C1=O. The van der Waals surface area contributed by atoms with Crippen molar-refractivity contribution in [3.05, 3.63) is 28.7 Å². The molecular weight excluding hydrogens is 296 g/mol. The van der Waals surface area contributed by atoms with Crippen molar-refractivity contribution < 1.29 is 9.59 Å². The molecule has 0 bridgehead atoms. The zero-order valence-electron chi connectivity index (χ0n) is 10.1. The first-order valence-electron chi connectivity index (χ1n) is 5.98. The molecule has 0 radical (unpaired) electrons. The number of hydrogen-bond acceptors (Lipinski definition) is 3. The van der Waals surface area contributed by atoms with Gasteiger partial charge in [-0.1, -0.05) is 28.9 Å². The smallest absolute Gasteiger partial charge is 0.252 e. The molecule has 0 aromatic heterocycles. The molecule has 2 rings (SSSR count). The van der Waals surface area contributed by atoms with Crippen LogP contribution in [0.3, 0.4) is 0 Å². The van der Waals surface area contributed by atoms with Crippen molar-refractivity contribution in [2.75, 3.05) is 11.9 Å². The molecule has 1 fully saturated rings. The van der Waals surface area contributed by atoms with Crippen molar-refractivity contribution in [1.29, 1.82) is 0 Å². The van der Waals surface area contributed by atoms with Crippen LogP contribution in [0.2, 0.25) is 0 Å². The largest absolute Gasteiger partial charge is 0.373 e. The summed E-state index contributed by atoms with van der Waals surface area (Å²) in [6.07, 6.45) is 1.03. The predicted molar refractivity (Wildman–Crippen MR) is 73.2 cm³/mol. The van der Waals surface area contributed by atoms with Crippen LogP contribution in [-0.4, -0.2) is 29.3 Å². The number of benzene rings is 1.